The molecule has 13 heavy (non-hydrogen) atoms. The second-order valence-corrected chi connectivity index (χ2v) is 3.26. The summed E-state index contributed by atoms with van der Waals surface area (Å²) in [6, 6.07) is 5.21. The van der Waals surface area contributed by atoms with Crippen LogP contribution < -0.4 is 5.73 Å². The van der Waals surface area contributed by atoms with Gasteiger partial charge in [-0.1, -0.05) is 11.6 Å². The van der Waals surface area contributed by atoms with Crippen molar-refractivity contribution < 1.29 is 0 Å². The van der Waals surface area contributed by atoms with E-state index in [4.69, 9.17) is 28.9 Å². The monoisotopic (exact) mass is 213 g/mol. The van der Waals surface area contributed by atoms with Crippen molar-refractivity contribution in [3.05, 3.63) is 28.6 Å². The van der Waals surface area contributed by atoms with Crippen molar-refractivity contribution in [1.29, 1.82) is 0 Å². The largest absolute Gasteiger partial charge is 0.399 e. The Bertz CT molecular complexity index is 465. The molecule has 2 rings (SSSR count). The van der Waals surface area contributed by atoms with Gasteiger partial charge in [-0.05, 0) is 29.8 Å². The van der Waals surface area contributed by atoms with Crippen LogP contribution in [0, 0.1) is 0 Å². The zero-order chi connectivity index (χ0) is 9.42. The van der Waals surface area contributed by atoms with Crippen LogP contribution in [0.4, 0.5) is 5.69 Å². The number of fused-ring (bicyclic) bond motifs is 1. The molecular formula is C8H5Cl2N3. The fourth-order valence-electron chi connectivity index (χ4n) is 1.08. The maximum absolute atomic E-state index is 5.84. The molecular weight excluding hydrogens is 209 g/mol. The highest BCUT2D eigenvalue weighted by molar-refractivity contribution is 6.35. The Balaban J connectivity index is 2.86. The average Bonchev–Trinajstić information content (AvgIpc) is 2.02. The summed E-state index contributed by atoms with van der Waals surface area (Å²) in [4.78, 5) is 7.80. The minimum Gasteiger partial charge on any atom is -0.399 e. The number of nitrogens with zero attached hydrogens (tertiary/aromatic N) is 2. The third kappa shape index (κ3) is 1.53. The van der Waals surface area contributed by atoms with Crippen LogP contribution in [0.2, 0.25) is 10.4 Å². The Kier molecular flexibility index (Phi) is 1.98. The molecule has 1 aromatic heterocycles. The highest BCUT2D eigenvalue weighted by atomic mass is 35.5. The second kappa shape index (κ2) is 3.01. The van der Waals surface area contributed by atoms with Crippen LogP contribution in [0.1, 0.15) is 0 Å². The number of hydrogen-bond donors (Lipinski definition) is 1. The third-order valence-corrected chi connectivity index (χ3v) is 2.10. The van der Waals surface area contributed by atoms with Gasteiger partial charge in [0.1, 0.15) is 5.15 Å². The zero-order valence-corrected chi connectivity index (χ0v) is 7.97. The average molecular weight is 214 g/mol. The predicted octanol–water partition coefficient (Wildman–Crippen LogP) is 2.52. The van der Waals surface area contributed by atoms with Crippen molar-refractivity contribution in [2.24, 2.45) is 0 Å². The Morgan fingerprint density at radius 2 is 1.92 bits per heavy atom. The summed E-state index contributed by atoms with van der Waals surface area (Å²) in [6.45, 7) is 0. The molecule has 0 aliphatic heterocycles. The first-order valence-electron chi connectivity index (χ1n) is 3.55. The molecule has 2 aromatic rings. The highest BCUT2D eigenvalue weighted by Gasteiger charge is 2.03. The molecule has 0 aliphatic rings. The number of benzene rings is 1. The van der Waals surface area contributed by atoms with Crippen molar-refractivity contribution in [3.8, 4) is 0 Å². The summed E-state index contributed by atoms with van der Waals surface area (Å²) in [5.41, 5.74) is 6.86. The van der Waals surface area contributed by atoms with Crippen molar-refractivity contribution in [3.63, 3.8) is 0 Å². The molecule has 0 aliphatic carbocycles. The summed E-state index contributed by atoms with van der Waals surface area (Å²) in [5.74, 6) is 0. The third-order valence-electron chi connectivity index (χ3n) is 1.65. The van der Waals surface area contributed by atoms with E-state index in [2.05, 4.69) is 9.97 Å². The van der Waals surface area contributed by atoms with Gasteiger partial charge in [-0.3, -0.25) is 0 Å². The van der Waals surface area contributed by atoms with E-state index in [1.54, 1.807) is 18.2 Å². The molecule has 0 amide bonds. The number of hydrogen-bond acceptors (Lipinski definition) is 3. The lowest BCUT2D eigenvalue weighted by Gasteiger charge is -2.00. The number of nitrogen functional groups attached to an aromatic ring is 1. The van der Waals surface area contributed by atoms with Gasteiger partial charge in [-0.15, -0.1) is 0 Å². The molecule has 0 fully saturated rings. The molecule has 0 atom stereocenters. The molecule has 3 nitrogen and oxygen atoms in total. The van der Waals surface area contributed by atoms with Gasteiger partial charge in [-0.25, -0.2) is 9.97 Å². The molecule has 1 aromatic carbocycles. The van der Waals surface area contributed by atoms with E-state index < -0.39 is 0 Å². The van der Waals surface area contributed by atoms with Gasteiger partial charge in [0.15, 0.2) is 0 Å². The molecule has 0 bridgehead atoms. The van der Waals surface area contributed by atoms with Crippen LogP contribution >= 0.6 is 23.2 Å². The lowest BCUT2D eigenvalue weighted by atomic mass is 10.2. The molecule has 66 valence electrons. The zero-order valence-electron chi connectivity index (χ0n) is 6.46. The lowest BCUT2D eigenvalue weighted by molar-refractivity contribution is 1.22. The van der Waals surface area contributed by atoms with Crippen LogP contribution in [-0.2, 0) is 0 Å². The summed E-state index contributed by atoms with van der Waals surface area (Å²) < 4.78 is 0. The van der Waals surface area contributed by atoms with E-state index >= 15 is 0 Å². The van der Waals surface area contributed by atoms with Gasteiger partial charge in [0.25, 0.3) is 0 Å². The van der Waals surface area contributed by atoms with E-state index in [9.17, 15) is 0 Å². The lowest BCUT2D eigenvalue weighted by Crippen LogP contribution is -1.89. The molecule has 2 N–H and O–H groups in total. The van der Waals surface area contributed by atoms with E-state index in [-0.39, 0.29) is 5.28 Å². The minimum atomic E-state index is 0.128. The van der Waals surface area contributed by atoms with Gasteiger partial charge < -0.3 is 5.73 Å². The molecule has 5 heteroatoms. The van der Waals surface area contributed by atoms with E-state index in [1.165, 1.54) is 0 Å². The Morgan fingerprint density at radius 3 is 2.69 bits per heavy atom. The van der Waals surface area contributed by atoms with Crippen LogP contribution in [0.5, 0.6) is 0 Å². The van der Waals surface area contributed by atoms with Gasteiger partial charge in [-0.2, -0.15) is 0 Å². The number of anilines is 1. The summed E-state index contributed by atoms with van der Waals surface area (Å²) >= 11 is 11.5. The Hall–Kier alpha value is -1.06. The van der Waals surface area contributed by atoms with Crippen LogP contribution in [0.3, 0.4) is 0 Å². The summed E-state index contributed by atoms with van der Waals surface area (Å²) in [6.07, 6.45) is 0. The van der Waals surface area contributed by atoms with Gasteiger partial charge in [0.05, 0.1) is 5.52 Å². The minimum absolute atomic E-state index is 0.128. The molecule has 1 heterocycles. The standard InChI is InChI=1S/C8H5Cl2N3/c9-7-5-2-1-4(11)3-6(5)12-8(10)13-7/h1-3H,11H2. The maximum Gasteiger partial charge on any atom is 0.224 e. The quantitative estimate of drug-likeness (QED) is 0.416. The fraction of sp³-hybridized carbons (Fsp3) is 0. The van der Waals surface area contributed by atoms with Crippen molar-refractivity contribution >= 4 is 39.8 Å². The highest BCUT2D eigenvalue weighted by Crippen LogP contribution is 2.23. The Labute approximate surface area is 84.5 Å². The number of aromatic nitrogens is 2. The summed E-state index contributed by atoms with van der Waals surface area (Å²) in [7, 11) is 0. The van der Waals surface area contributed by atoms with Crippen molar-refractivity contribution in [2.45, 2.75) is 0 Å². The predicted molar refractivity (Wildman–Crippen MR) is 54.0 cm³/mol. The number of nitrogens with two attached hydrogens (primary N) is 1. The van der Waals surface area contributed by atoms with Crippen LogP contribution in [0.15, 0.2) is 18.2 Å². The SMILES string of the molecule is Nc1ccc2c(Cl)nc(Cl)nc2c1. The topological polar surface area (TPSA) is 51.8 Å². The van der Waals surface area contributed by atoms with E-state index in [1.807, 2.05) is 0 Å². The maximum atomic E-state index is 5.84. The normalized spacial score (nSPS) is 10.6. The van der Waals surface area contributed by atoms with Gasteiger partial charge in [0, 0.05) is 11.1 Å². The number of halogens is 2. The molecule has 0 unspecified atom stereocenters. The van der Waals surface area contributed by atoms with Crippen molar-refractivity contribution in [2.75, 3.05) is 5.73 Å². The van der Waals surface area contributed by atoms with Gasteiger partial charge >= 0.3 is 0 Å². The second-order valence-electron chi connectivity index (χ2n) is 2.56. The molecule has 0 radical (unpaired) electrons. The fourth-order valence-corrected chi connectivity index (χ4v) is 1.54. The summed E-state index contributed by atoms with van der Waals surface area (Å²) in [5, 5.41) is 1.22. The molecule has 0 spiro atoms. The van der Waals surface area contributed by atoms with E-state index in [0.29, 0.717) is 16.4 Å². The van der Waals surface area contributed by atoms with Crippen LogP contribution in [-0.4, -0.2) is 9.97 Å². The molecule has 0 saturated heterocycles. The first kappa shape index (κ1) is 8.53. The number of rotatable bonds is 0. The first-order valence-corrected chi connectivity index (χ1v) is 4.31. The Morgan fingerprint density at radius 1 is 1.15 bits per heavy atom. The van der Waals surface area contributed by atoms with Gasteiger partial charge in [0.2, 0.25) is 5.28 Å². The van der Waals surface area contributed by atoms with E-state index in [0.717, 1.165) is 5.39 Å². The molecule has 0 saturated carbocycles. The first-order chi connectivity index (χ1) is 6.16. The smallest absolute Gasteiger partial charge is 0.224 e. The van der Waals surface area contributed by atoms with Crippen molar-refractivity contribution in [1.82, 2.24) is 9.97 Å². The van der Waals surface area contributed by atoms with Crippen LogP contribution in [0.25, 0.3) is 10.9 Å².